The van der Waals surface area contributed by atoms with Crippen molar-refractivity contribution in [1.82, 2.24) is 29.4 Å². The van der Waals surface area contributed by atoms with Crippen LogP contribution < -0.4 is 0 Å². The summed E-state index contributed by atoms with van der Waals surface area (Å²) in [5, 5.41) is 10.4. The molecule has 0 aliphatic rings. The molecule has 0 saturated heterocycles. The van der Waals surface area contributed by atoms with Crippen molar-refractivity contribution in [1.29, 1.82) is 0 Å². The van der Waals surface area contributed by atoms with Gasteiger partial charge in [0.1, 0.15) is 6.33 Å². The van der Waals surface area contributed by atoms with Gasteiger partial charge in [-0.05, 0) is 12.1 Å². The second-order valence-corrected chi connectivity index (χ2v) is 6.85. The molecule has 0 fully saturated rings. The molecule has 0 N–H and O–H groups in total. The molecule has 0 bridgehead atoms. The highest BCUT2D eigenvalue weighted by Gasteiger charge is 2.21. The van der Waals surface area contributed by atoms with Gasteiger partial charge in [0.15, 0.2) is 17.1 Å². The second-order valence-electron chi connectivity index (χ2n) is 6.44. The molecule has 116 valence electrons. The van der Waals surface area contributed by atoms with Gasteiger partial charge in [0.05, 0.1) is 22.3 Å². The molecule has 0 atom stereocenters. The highest BCUT2D eigenvalue weighted by Crippen LogP contribution is 2.26. The van der Waals surface area contributed by atoms with Gasteiger partial charge in [-0.15, -0.1) is 5.10 Å². The Kier molecular flexibility index (Phi) is 2.93. The molecule has 0 radical (unpaired) electrons. The maximum absolute atomic E-state index is 6.28. The third-order valence-corrected chi connectivity index (χ3v) is 3.98. The minimum absolute atomic E-state index is 0.128. The summed E-state index contributed by atoms with van der Waals surface area (Å²) in [5.41, 5.74) is 2.12. The molecule has 4 aromatic rings. The van der Waals surface area contributed by atoms with Crippen LogP contribution in [0.2, 0.25) is 5.02 Å². The maximum Gasteiger partial charge on any atom is 0.170 e. The maximum atomic E-state index is 6.28. The van der Waals surface area contributed by atoms with Gasteiger partial charge in [0.25, 0.3) is 0 Å². The summed E-state index contributed by atoms with van der Waals surface area (Å²) in [6, 6.07) is 7.54. The van der Waals surface area contributed by atoms with Gasteiger partial charge in [-0.1, -0.05) is 44.5 Å². The Labute approximate surface area is 137 Å². The largest absolute Gasteiger partial charge is 0.216 e. The average Bonchev–Trinajstić information content (AvgIpc) is 3.10. The zero-order valence-electron chi connectivity index (χ0n) is 13.0. The SMILES string of the molecule is CC(C)(C)c1nc2c3cnn(-c4ccccc4Cl)c3ncn2n1. The van der Waals surface area contributed by atoms with Crippen LogP contribution in [0.4, 0.5) is 0 Å². The van der Waals surface area contributed by atoms with Crippen molar-refractivity contribution in [2.45, 2.75) is 26.2 Å². The summed E-state index contributed by atoms with van der Waals surface area (Å²) in [6.07, 6.45) is 3.41. The first-order chi connectivity index (χ1) is 10.9. The van der Waals surface area contributed by atoms with E-state index in [2.05, 4.69) is 40.9 Å². The van der Waals surface area contributed by atoms with Gasteiger partial charge in [0, 0.05) is 5.41 Å². The fourth-order valence-corrected chi connectivity index (χ4v) is 2.65. The van der Waals surface area contributed by atoms with E-state index in [1.807, 2.05) is 24.3 Å². The molecule has 0 spiro atoms. The van der Waals surface area contributed by atoms with Crippen LogP contribution in [0.3, 0.4) is 0 Å². The summed E-state index contributed by atoms with van der Waals surface area (Å²) >= 11 is 6.28. The van der Waals surface area contributed by atoms with Crippen molar-refractivity contribution < 1.29 is 0 Å². The van der Waals surface area contributed by atoms with Crippen LogP contribution in [0.25, 0.3) is 22.4 Å². The summed E-state index contributed by atoms with van der Waals surface area (Å²) in [7, 11) is 0. The lowest BCUT2D eigenvalue weighted by atomic mass is 9.96. The number of aromatic nitrogens is 6. The molecule has 3 heterocycles. The summed E-state index contributed by atoms with van der Waals surface area (Å²) in [5.74, 6) is 0.775. The predicted octanol–water partition coefficient (Wildman–Crippen LogP) is 3.41. The van der Waals surface area contributed by atoms with Crippen molar-refractivity contribution in [3.8, 4) is 5.69 Å². The number of rotatable bonds is 1. The van der Waals surface area contributed by atoms with Crippen molar-refractivity contribution >= 4 is 28.3 Å². The fourth-order valence-electron chi connectivity index (χ4n) is 2.44. The minimum Gasteiger partial charge on any atom is -0.216 e. The zero-order valence-corrected chi connectivity index (χ0v) is 13.8. The van der Waals surface area contributed by atoms with E-state index in [0.29, 0.717) is 10.7 Å². The lowest BCUT2D eigenvalue weighted by molar-refractivity contribution is 0.545. The molecule has 0 unspecified atom stereocenters. The van der Waals surface area contributed by atoms with Gasteiger partial charge in [-0.2, -0.15) is 5.10 Å². The fraction of sp³-hybridized carbons (Fsp3) is 0.250. The molecule has 3 aromatic heterocycles. The topological polar surface area (TPSA) is 60.9 Å². The van der Waals surface area contributed by atoms with Crippen LogP contribution >= 0.6 is 11.6 Å². The smallest absolute Gasteiger partial charge is 0.170 e. The summed E-state index contributed by atoms with van der Waals surface area (Å²) in [6.45, 7) is 6.25. The molecule has 0 amide bonds. The Morgan fingerprint density at radius 2 is 1.87 bits per heavy atom. The minimum atomic E-state index is -0.128. The van der Waals surface area contributed by atoms with Gasteiger partial charge in [-0.25, -0.2) is 19.2 Å². The standard InChI is InChI=1S/C16H15ClN6/c1-16(2,3)15-20-14-10-8-19-23(12-7-5-4-6-11(12)17)13(10)18-9-22(14)21-15/h4-9H,1-3H3. The zero-order chi connectivity index (χ0) is 16.2. The van der Waals surface area contributed by atoms with Crippen LogP contribution in [-0.2, 0) is 5.41 Å². The Balaban J connectivity index is 1.99. The lowest BCUT2D eigenvalue weighted by Gasteiger charge is -2.11. The van der Waals surface area contributed by atoms with Crippen molar-refractivity contribution in [2.24, 2.45) is 0 Å². The molecule has 1 aromatic carbocycles. The monoisotopic (exact) mass is 326 g/mol. The average molecular weight is 327 g/mol. The van der Waals surface area contributed by atoms with Crippen LogP contribution in [0.1, 0.15) is 26.6 Å². The molecular weight excluding hydrogens is 312 g/mol. The first-order valence-electron chi connectivity index (χ1n) is 7.29. The molecule has 23 heavy (non-hydrogen) atoms. The molecule has 0 aliphatic heterocycles. The number of benzene rings is 1. The highest BCUT2D eigenvalue weighted by atomic mass is 35.5. The van der Waals surface area contributed by atoms with Crippen LogP contribution in [0, 0.1) is 0 Å². The summed E-state index contributed by atoms with van der Waals surface area (Å²) in [4.78, 5) is 9.15. The quantitative estimate of drug-likeness (QED) is 0.538. The van der Waals surface area contributed by atoms with Gasteiger partial charge >= 0.3 is 0 Å². The number of hydrogen-bond acceptors (Lipinski definition) is 4. The van der Waals surface area contributed by atoms with Crippen LogP contribution in [0.5, 0.6) is 0 Å². The highest BCUT2D eigenvalue weighted by molar-refractivity contribution is 6.32. The van der Waals surface area contributed by atoms with Gasteiger partial charge in [0.2, 0.25) is 0 Å². The molecular formula is C16H15ClN6. The summed E-state index contributed by atoms with van der Waals surface area (Å²) < 4.78 is 3.42. The Bertz CT molecular complexity index is 1020. The van der Waals surface area contributed by atoms with Gasteiger partial charge < -0.3 is 0 Å². The van der Waals surface area contributed by atoms with Crippen LogP contribution in [0.15, 0.2) is 36.8 Å². The molecule has 6 nitrogen and oxygen atoms in total. The van der Waals surface area contributed by atoms with E-state index in [9.17, 15) is 0 Å². The Hall–Kier alpha value is -2.47. The van der Waals surface area contributed by atoms with Crippen molar-refractivity contribution in [3.05, 3.63) is 47.6 Å². The van der Waals surface area contributed by atoms with E-state index in [-0.39, 0.29) is 5.41 Å². The van der Waals surface area contributed by atoms with Crippen LogP contribution in [-0.4, -0.2) is 29.4 Å². The number of halogens is 1. The number of hydrogen-bond donors (Lipinski definition) is 0. The molecule has 0 saturated carbocycles. The van der Waals surface area contributed by atoms with Crippen molar-refractivity contribution in [3.63, 3.8) is 0 Å². The molecule has 7 heteroatoms. The van der Waals surface area contributed by atoms with Crippen molar-refractivity contribution in [2.75, 3.05) is 0 Å². The lowest BCUT2D eigenvalue weighted by Crippen LogP contribution is -2.13. The predicted molar refractivity (Wildman–Crippen MR) is 89.1 cm³/mol. The van der Waals surface area contributed by atoms with E-state index in [0.717, 1.165) is 22.5 Å². The second kappa shape index (κ2) is 4.76. The third-order valence-electron chi connectivity index (χ3n) is 3.66. The van der Waals surface area contributed by atoms with E-state index >= 15 is 0 Å². The van der Waals surface area contributed by atoms with Gasteiger partial charge in [-0.3, -0.25) is 0 Å². The third kappa shape index (κ3) is 2.17. The van der Waals surface area contributed by atoms with E-state index in [1.165, 1.54) is 0 Å². The normalized spacial score (nSPS) is 12.3. The molecule has 0 aliphatic carbocycles. The number of fused-ring (bicyclic) bond motifs is 3. The first kappa shape index (κ1) is 14.1. The Morgan fingerprint density at radius 3 is 2.61 bits per heavy atom. The Morgan fingerprint density at radius 1 is 1.09 bits per heavy atom. The van der Waals surface area contributed by atoms with E-state index < -0.39 is 0 Å². The van der Waals surface area contributed by atoms with E-state index in [1.54, 1.807) is 21.7 Å². The number of nitrogens with zero attached hydrogens (tertiary/aromatic N) is 6. The number of para-hydroxylation sites is 1. The van der Waals surface area contributed by atoms with E-state index in [4.69, 9.17) is 11.6 Å². The first-order valence-corrected chi connectivity index (χ1v) is 7.67. The molecule has 4 rings (SSSR count).